The summed E-state index contributed by atoms with van der Waals surface area (Å²) in [6.45, 7) is 0.892. The van der Waals surface area contributed by atoms with E-state index in [2.05, 4.69) is 20.2 Å². The van der Waals surface area contributed by atoms with Crippen LogP contribution in [0.4, 0.5) is 5.95 Å². The molecule has 6 heteroatoms. The van der Waals surface area contributed by atoms with Gasteiger partial charge in [0, 0.05) is 25.0 Å². The van der Waals surface area contributed by atoms with E-state index in [1.807, 2.05) is 0 Å². The van der Waals surface area contributed by atoms with E-state index in [4.69, 9.17) is 0 Å². The van der Waals surface area contributed by atoms with Crippen LogP contribution in [0.2, 0.25) is 0 Å². The third-order valence-electron chi connectivity index (χ3n) is 3.64. The molecule has 0 unspecified atom stereocenters. The maximum atomic E-state index is 12.0. The van der Waals surface area contributed by atoms with Gasteiger partial charge in [-0.2, -0.15) is 0 Å². The maximum Gasteiger partial charge on any atom is 0.240 e. The molecule has 1 heterocycles. The number of hydrogen-bond acceptors (Lipinski definition) is 5. The zero-order chi connectivity index (χ0) is 14.2. The highest BCUT2D eigenvalue weighted by atomic mass is 16.3. The summed E-state index contributed by atoms with van der Waals surface area (Å²) in [6.07, 6.45) is 9.08. The van der Waals surface area contributed by atoms with Crippen molar-refractivity contribution in [2.45, 2.75) is 38.1 Å². The monoisotopic (exact) mass is 278 g/mol. The number of anilines is 1. The number of nitrogens with one attached hydrogen (secondary N) is 1. The SMILES string of the molecule is O=C(CN(CCO)C1CCCCC1)Nc1ncccn1. The summed E-state index contributed by atoms with van der Waals surface area (Å²) >= 11 is 0. The summed E-state index contributed by atoms with van der Waals surface area (Å²) in [4.78, 5) is 22.0. The standard InChI is InChI=1S/C14H22N4O2/c19-10-9-18(12-5-2-1-3-6-12)11-13(20)17-14-15-7-4-8-16-14/h4,7-8,12,19H,1-3,5-6,9-11H2,(H,15,16,17,20). The van der Waals surface area contributed by atoms with Crippen molar-refractivity contribution in [3.05, 3.63) is 18.5 Å². The Bertz CT molecular complexity index is 407. The van der Waals surface area contributed by atoms with Gasteiger partial charge in [0.25, 0.3) is 0 Å². The lowest BCUT2D eigenvalue weighted by molar-refractivity contribution is -0.118. The van der Waals surface area contributed by atoms with Gasteiger partial charge in [-0.25, -0.2) is 9.97 Å². The van der Waals surface area contributed by atoms with Gasteiger partial charge in [-0.15, -0.1) is 0 Å². The molecule has 0 saturated heterocycles. The fraction of sp³-hybridized carbons (Fsp3) is 0.643. The number of amides is 1. The van der Waals surface area contributed by atoms with Crippen molar-refractivity contribution < 1.29 is 9.90 Å². The van der Waals surface area contributed by atoms with Gasteiger partial charge in [-0.05, 0) is 18.9 Å². The van der Waals surface area contributed by atoms with Crippen molar-refractivity contribution in [2.75, 3.05) is 25.0 Å². The van der Waals surface area contributed by atoms with Crippen LogP contribution in [0.15, 0.2) is 18.5 Å². The summed E-state index contributed by atoms with van der Waals surface area (Å²) in [7, 11) is 0. The zero-order valence-corrected chi connectivity index (χ0v) is 11.7. The number of rotatable bonds is 6. The second-order valence-corrected chi connectivity index (χ2v) is 5.11. The number of aliphatic hydroxyl groups excluding tert-OH is 1. The molecule has 2 N–H and O–H groups in total. The zero-order valence-electron chi connectivity index (χ0n) is 11.7. The molecular weight excluding hydrogens is 256 g/mol. The number of hydrogen-bond donors (Lipinski definition) is 2. The Morgan fingerprint density at radius 3 is 2.65 bits per heavy atom. The molecule has 1 fully saturated rings. The summed E-state index contributed by atoms with van der Waals surface area (Å²) in [5.41, 5.74) is 0. The minimum absolute atomic E-state index is 0.0750. The first-order chi connectivity index (χ1) is 9.79. The van der Waals surface area contributed by atoms with E-state index in [9.17, 15) is 9.90 Å². The molecule has 0 bridgehead atoms. The van der Waals surface area contributed by atoms with Gasteiger partial charge < -0.3 is 5.11 Å². The van der Waals surface area contributed by atoms with Crippen LogP contribution < -0.4 is 5.32 Å². The molecule has 0 spiro atoms. The topological polar surface area (TPSA) is 78.4 Å². The highest BCUT2D eigenvalue weighted by Gasteiger charge is 2.22. The average Bonchev–Trinajstić information content (AvgIpc) is 2.49. The Morgan fingerprint density at radius 1 is 1.30 bits per heavy atom. The van der Waals surface area contributed by atoms with E-state index < -0.39 is 0 Å². The van der Waals surface area contributed by atoms with Gasteiger partial charge in [-0.1, -0.05) is 19.3 Å². The van der Waals surface area contributed by atoms with Gasteiger partial charge in [0.15, 0.2) is 0 Å². The van der Waals surface area contributed by atoms with Crippen LogP contribution in [0, 0.1) is 0 Å². The average molecular weight is 278 g/mol. The predicted molar refractivity (Wildman–Crippen MR) is 76.2 cm³/mol. The second-order valence-electron chi connectivity index (χ2n) is 5.11. The number of aromatic nitrogens is 2. The first-order valence-electron chi connectivity index (χ1n) is 7.21. The molecule has 2 rings (SSSR count). The van der Waals surface area contributed by atoms with Crippen LogP contribution in [0.5, 0.6) is 0 Å². The van der Waals surface area contributed by atoms with E-state index in [-0.39, 0.29) is 19.1 Å². The van der Waals surface area contributed by atoms with Crippen LogP contribution in [0.25, 0.3) is 0 Å². The van der Waals surface area contributed by atoms with E-state index in [1.54, 1.807) is 18.5 Å². The Kier molecular flexibility index (Phi) is 5.88. The minimum Gasteiger partial charge on any atom is -0.395 e. The first-order valence-corrected chi connectivity index (χ1v) is 7.21. The molecule has 0 atom stereocenters. The van der Waals surface area contributed by atoms with Crippen molar-refractivity contribution in [3.8, 4) is 0 Å². The Balaban J connectivity index is 1.88. The van der Waals surface area contributed by atoms with Crippen molar-refractivity contribution in [1.29, 1.82) is 0 Å². The van der Waals surface area contributed by atoms with Crippen LogP contribution in [-0.4, -0.2) is 51.6 Å². The van der Waals surface area contributed by atoms with Crippen LogP contribution in [-0.2, 0) is 4.79 Å². The minimum atomic E-state index is -0.129. The van der Waals surface area contributed by atoms with Crippen LogP contribution in [0.3, 0.4) is 0 Å². The van der Waals surface area contributed by atoms with Crippen LogP contribution in [0.1, 0.15) is 32.1 Å². The van der Waals surface area contributed by atoms with Crippen molar-refractivity contribution in [3.63, 3.8) is 0 Å². The number of carbonyl (C=O) groups excluding carboxylic acids is 1. The molecule has 1 aliphatic rings. The van der Waals surface area contributed by atoms with E-state index in [0.29, 0.717) is 18.5 Å². The predicted octanol–water partition coefficient (Wildman–Crippen LogP) is 1.04. The molecule has 1 aliphatic carbocycles. The van der Waals surface area contributed by atoms with Gasteiger partial charge in [0.1, 0.15) is 0 Å². The Labute approximate surface area is 119 Å². The maximum absolute atomic E-state index is 12.0. The molecule has 0 aromatic carbocycles. The highest BCUT2D eigenvalue weighted by molar-refractivity contribution is 5.90. The third-order valence-corrected chi connectivity index (χ3v) is 3.64. The normalized spacial score (nSPS) is 16.3. The van der Waals surface area contributed by atoms with Crippen molar-refractivity contribution in [1.82, 2.24) is 14.9 Å². The molecule has 110 valence electrons. The highest BCUT2D eigenvalue weighted by Crippen LogP contribution is 2.22. The smallest absolute Gasteiger partial charge is 0.240 e. The van der Waals surface area contributed by atoms with Crippen molar-refractivity contribution in [2.24, 2.45) is 0 Å². The lowest BCUT2D eigenvalue weighted by Gasteiger charge is -2.33. The molecule has 6 nitrogen and oxygen atoms in total. The van der Waals surface area contributed by atoms with Gasteiger partial charge in [0.2, 0.25) is 11.9 Å². The quantitative estimate of drug-likeness (QED) is 0.813. The third kappa shape index (κ3) is 4.54. The largest absolute Gasteiger partial charge is 0.395 e. The summed E-state index contributed by atoms with van der Waals surface area (Å²) in [5.74, 6) is 0.195. The lowest BCUT2D eigenvalue weighted by Crippen LogP contribution is -2.43. The molecule has 0 aliphatic heterocycles. The van der Waals surface area contributed by atoms with E-state index >= 15 is 0 Å². The molecule has 20 heavy (non-hydrogen) atoms. The molecule has 1 amide bonds. The summed E-state index contributed by atoms with van der Waals surface area (Å²) < 4.78 is 0. The Hall–Kier alpha value is -1.53. The molecule has 1 aromatic heterocycles. The fourth-order valence-electron chi connectivity index (χ4n) is 2.68. The van der Waals surface area contributed by atoms with Crippen LogP contribution >= 0.6 is 0 Å². The fourth-order valence-corrected chi connectivity index (χ4v) is 2.68. The molecule has 1 aromatic rings. The second kappa shape index (κ2) is 7.91. The number of aliphatic hydroxyl groups is 1. The van der Waals surface area contributed by atoms with Gasteiger partial charge in [0.05, 0.1) is 13.2 Å². The number of carbonyl (C=O) groups is 1. The van der Waals surface area contributed by atoms with E-state index in [0.717, 1.165) is 12.8 Å². The molecule has 0 radical (unpaired) electrons. The van der Waals surface area contributed by atoms with Gasteiger partial charge in [-0.3, -0.25) is 15.0 Å². The molecule has 1 saturated carbocycles. The summed E-state index contributed by atoms with van der Waals surface area (Å²) in [5, 5.41) is 11.9. The molecular formula is C14H22N4O2. The summed E-state index contributed by atoms with van der Waals surface area (Å²) in [6, 6.07) is 2.11. The number of nitrogens with zero attached hydrogens (tertiary/aromatic N) is 3. The van der Waals surface area contributed by atoms with E-state index in [1.165, 1.54) is 19.3 Å². The first kappa shape index (κ1) is 14.9. The van der Waals surface area contributed by atoms with Crippen molar-refractivity contribution >= 4 is 11.9 Å². The Morgan fingerprint density at radius 2 is 2.00 bits per heavy atom. The van der Waals surface area contributed by atoms with Gasteiger partial charge >= 0.3 is 0 Å². The lowest BCUT2D eigenvalue weighted by atomic mass is 9.94.